The monoisotopic (exact) mass is 286 g/mol. The molecule has 2 aromatic rings. The van der Waals surface area contributed by atoms with E-state index in [0.29, 0.717) is 0 Å². The van der Waals surface area contributed by atoms with Crippen molar-refractivity contribution < 1.29 is 27.2 Å². The molecule has 0 saturated carbocycles. The topological polar surface area (TPSA) is 65.2 Å². The summed E-state index contributed by atoms with van der Waals surface area (Å²) in [5.41, 5.74) is -0.0874. The molecule has 106 valence electrons. The van der Waals surface area contributed by atoms with Gasteiger partial charge in [0.25, 0.3) is 0 Å². The molecule has 5 nitrogen and oxygen atoms in total. The maximum atomic E-state index is 13.1. The Morgan fingerprint density at radius 3 is 2.55 bits per heavy atom. The number of ether oxygens (including phenoxy) is 1. The van der Waals surface area contributed by atoms with Crippen LogP contribution in [0.5, 0.6) is 0 Å². The van der Waals surface area contributed by atoms with Crippen molar-refractivity contribution in [2.75, 3.05) is 13.7 Å². The molecule has 0 fully saturated rings. The molecule has 0 aliphatic heterocycles. The van der Waals surface area contributed by atoms with Crippen LogP contribution in [0.15, 0.2) is 16.7 Å². The summed E-state index contributed by atoms with van der Waals surface area (Å²) in [5.74, 6) is -4.74. The molecule has 0 radical (unpaired) electrons. The SMILES string of the molecule is COCC(=O)Cc1nc(-c2cc(F)c(F)c(F)c2)no1. The molecule has 2 rings (SSSR count). The van der Waals surface area contributed by atoms with E-state index in [0.717, 1.165) is 12.1 Å². The number of methoxy groups -OCH3 is 1. The first-order chi connectivity index (χ1) is 9.51. The number of carbonyl (C=O) groups excluding carboxylic acids is 1. The van der Waals surface area contributed by atoms with Crippen LogP contribution in [-0.2, 0) is 16.0 Å². The molecule has 1 heterocycles. The molecule has 0 unspecified atom stereocenters. The van der Waals surface area contributed by atoms with Crippen LogP contribution in [0.1, 0.15) is 5.89 Å². The molecular formula is C12H9F3N2O3. The molecule has 0 N–H and O–H groups in total. The van der Waals surface area contributed by atoms with Crippen molar-refractivity contribution in [3.8, 4) is 11.4 Å². The number of benzene rings is 1. The van der Waals surface area contributed by atoms with Gasteiger partial charge >= 0.3 is 0 Å². The van der Waals surface area contributed by atoms with Crippen molar-refractivity contribution in [3.63, 3.8) is 0 Å². The number of rotatable bonds is 5. The quantitative estimate of drug-likeness (QED) is 0.785. The maximum absolute atomic E-state index is 13.1. The predicted octanol–water partition coefficient (Wildman–Crippen LogP) is 1.91. The van der Waals surface area contributed by atoms with Crippen LogP contribution in [0.4, 0.5) is 13.2 Å². The van der Waals surface area contributed by atoms with Gasteiger partial charge in [-0.05, 0) is 12.1 Å². The first-order valence-electron chi connectivity index (χ1n) is 5.49. The van der Waals surface area contributed by atoms with Crippen molar-refractivity contribution in [3.05, 3.63) is 35.5 Å². The Morgan fingerprint density at radius 1 is 1.30 bits per heavy atom. The molecule has 1 aromatic carbocycles. The zero-order valence-electron chi connectivity index (χ0n) is 10.3. The van der Waals surface area contributed by atoms with Gasteiger partial charge in [-0.3, -0.25) is 4.79 Å². The lowest BCUT2D eigenvalue weighted by atomic mass is 10.2. The van der Waals surface area contributed by atoms with Crippen LogP contribution in [0.2, 0.25) is 0 Å². The minimum atomic E-state index is -1.58. The molecule has 0 aliphatic rings. The largest absolute Gasteiger partial charge is 0.377 e. The maximum Gasteiger partial charge on any atom is 0.234 e. The van der Waals surface area contributed by atoms with Crippen molar-refractivity contribution in [2.24, 2.45) is 0 Å². The van der Waals surface area contributed by atoms with Gasteiger partial charge in [-0.15, -0.1) is 0 Å². The molecule has 1 aromatic heterocycles. The van der Waals surface area contributed by atoms with E-state index in [2.05, 4.69) is 14.9 Å². The van der Waals surface area contributed by atoms with E-state index in [1.165, 1.54) is 7.11 Å². The Hall–Kier alpha value is -2.22. The van der Waals surface area contributed by atoms with Gasteiger partial charge in [-0.2, -0.15) is 4.98 Å². The first-order valence-corrected chi connectivity index (χ1v) is 5.49. The average molecular weight is 286 g/mol. The zero-order chi connectivity index (χ0) is 14.7. The molecule has 20 heavy (non-hydrogen) atoms. The van der Waals surface area contributed by atoms with Crippen LogP contribution >= 0.6 is 0 Å². The van der Waals surface area contributed by atoms with Gasteiger partial charge in [0.05, 0.1) is 6.42 Å². The summed E-state index contributed by atoms with van der Waals surface area (Å²) in [5, 5.41) is 3.48. The predicted molar refractivity (Wildman–Crippen MR) is 60.2 cm³/mol. The van der Waals surface area contributed by atoms with Crippen LogP contribution in [0.3, 0.4) is 0 Å². The van der Waals surface area contributed by atoms with Crippen molar-refractivity contribution in [1.29, 1.82) is 0 Å². The Labute approximate surface area is 111 Å². The van der Waals surface area contributed by atoms with E-state index >= 15 is 0 Å². The first kappa shape index (κ1) is 14.2. The summed E-state index contributed by atoms with van der Waals surface area (Å²) >= 11 is 0. The molecular weight excluding hydrogens is 277 g/mol. The lowest BCUT2D eigenvalue weighted by Crippen LogP contribution is -2.09. The highest BCUT2D eigenvalue weighted by molar-refractivity contribution is 5.81. The standard InChI is InChI=1S/C12H9F3N2O3/c1-19-5-7(18)4-10-16-12(17-20-10)6-2-8(13)11(15)9(14)3-6/h2-3H,4-5H2,1H3. The zero-order valence-corrected chi connectivity index (χ0v) is 10.3. The summed E-state index contributed by atoms with van der Waals surface area (Å²) < 4.78 is 48.4. The fourth-order valence-corrected chi connectivity index (χ4v) is 1.51. The number of halogens is 3. The molecule has 8 heteroatoms. The summed E-state index contributed by atoms with van der Waals surface area (Å²) in [6.45, 7) is -0.114. The normalized spacial score (nSPS) is 10.8. The van der Waals surface area contributed by atoms with Crippen molar-refractivity contribution in [2.45, 2.75) is 6.42 Å². The highest BCUT2D eigenvalue weighted by atomic mass is 19.2. The molecule has 0 bridgehead atoms. The number of hydrogen-bond donors (Lipinski definition) is 0. The summed E-state index contributed by atoms with van der Waals surface area (Å²) in [7, 11) is 1.36. The average Bonchev–Trinajstić information content (AvgIpc) is 2.84. The second-order valence-electron chi connectivity index (χ2n) is 3.91. The van der Waals surface area contributed by atoms with E-state index in [4.69, 9.17) is 4.52 Å². The Balaban J connectivity index is 2.22. The fourth-order valence-electron chi connectivity index (χ4n) is 1.51. The van der Waals surface area contributed by atoms with Crippen molar-refractivity contribution in [1.82, 2.24) is 10.1 Å². The number of carbonyl (C=O) groups is 1. The highest BCUT2D eigenvalue weighted by Crippen LogP contribution is 2.21. The number of aromatic nitrogens is 2. The molecule has 0 aliphatic carbocycles. The Morgan fingerprint density at radius 2 is 1.95 bits per heavy atom. The second kappa shape index (κ2) is 5.83. The lowest BCUT2D eigenvalue weighted by molar-refractivity contribution is -0.122. The fraction of sp³-hybridized carbons (Fsp3) is 0.250. The third-order valence-electron chi connectivity index (χ3n) is 2.36. The summed E-state index contributed by atoms with van der Waals surface area (Å²) in [6.07, 6.45) is -0.160. The molecule has 0 amide bonds. The Kier molecular flexibility index (Phi) is 4.14. The second-order valence-corrected chi connectivity index (χ2v) is 3.91. The third-order valence-corrected chi connectivity index (χ3v) is 2.36. The molecule has 0 saturated heterocycles. The van der Waals surface area contributed by atoms with Gasteiger partial charge < -0.3 is 9.26 Å². The van der Waals surface area contributed by atoms with Crippen LogP contribution in [0.25, 0.3) is 11.4 Å². The minimum absolute atomic E-state index is 0.0211. The molecule has 0 atom stereocenters. The van der Waals surface area contributed by atoms with Gasteiger partial charge in [0.2, 0.25) is 11.7 Å². The summed E-state index contributed by atoms with van der Waals surface area (Å²) in [4.78, 5) is 15.1. The number of Topliss-reactive ketones (excluding diaryl/α,β-unsaturated/α-hetero) is 1. The van der Waals surface area contributed by atoms with Gasteiger partial charge in [0.15, 0.2) is 23.2 Å². The number of ketones is 1. The van der Waals surface area contributed by atoms with E-state index in [-0.39, 0.29) is 36.1 Å². The number of nitrogens with zero attached hydrogens (tertiary/aromatic N) is 2. The van der Waals surface area contributed by atoms with Gasteiger partial charge in [0.1, 0.15) is 6.61 Å². The Bertz CT molecular complexity index is 620. The summed E-state index contributed by atoms with van der Waals surface area (Å²) in [6, 6.07) is 1.48. The van der Waals surface area contributed by atoms with Gasteiger partial charge in [0, 0.05) is 12.7 Å². The third kappa shape index (κ3) is 3.02. The minimum Gasteiger partial charge on any atom is -0.377 e. The van der Waals surface area contributed by atoms with E-state index in [1.54, 1.807) is 0 Å². The van der Waals surface area contributed by atoms with Crippen molar-refractivity contribution >= 4 is 5.78 Å². The number of hydrogen-bond acceptors (Lipinski definition) is 5. The molecule has 0 spiro atoms. The van der Waals surface area contributed by atoms with Gasteiger partial charge in [-0.25, -0.2) is 13.2 Å². The van der Waals surface area contributed by atoms with E-state index < -0.39 is 17.5 Å². The van der Waals surface area contributed by atoms with Gasteiger partial charge in [-0.1, -0.05) is 5.16 Å². The lowest BCUT2D eigenvalue weighted by Gasteiger charge is -1.98. The highest BCUT2D eigenvalue weighted by Gasteiger charge is 2.16. The van der Waals surface area contributed by atoms with Crippen LogP contribution in [-0.4, -0.2) is 29.6 Å². The van der Waals surface area contributed by atoms with Crippen LogP contribution in [0, 0.1) is 17.5 Å². The van der Waals surface area contributed by atoms with E-state index in [9.17, 15) is 18.0 Å². The van der Waals surface area contributed by atoms with Crippen LogP contribution < -0.4 is 0 Å². The van der Waals surface area contributed by atoms with E-state index in [1.807, 2.05) is 0 Å². The smallest absolute Gasteiger partial charge is 0.234 e.